The van der Waals surface area contributed by atoms with Crippen LogP contribution in [0.3, 0.4) is 0 Å². The number of nitrogens with two attached hydrogens (primary N) is 1. The second kappa shape index (κ2) is 6.10. The lowest BCUT2D eigenvalue weighted by atomic mass is 9.85. The lowest BCUT2D eigenvalue weighted by molar-refractivity contribution is -0.123. The van der Waals surface area contributed by atoms with Gasteiger partial charge in [0.1, 0.15) is 5.78 Å². The molecule has 3 heteroatoms. The summed E-state index contributed by atoms with van der Waals surface area (Å²) in [6.45, 7) is 1.95. The van der Waals surface area contributed by atoms with Crippen molar-refractivity contribution in [2.75, 3.05) is 0 Å². The molecule has 18 heavy (non-hydrogen) atoms. The topological polar surface area (TPSA) is 56.0 Å². The fourth-order valence-electron chi connectivity index (χ4n) is 2.62. The molecule has 0 saturated heterocycles. The molecule has 1 atom stereocenters. The largest absolute Gasteiger partial charge is 0.324 e. The molecule has 0 aliphatic heterocycles. The number of hydrogen-bond donors (Lipinski definition) is 1. The summed E-state index contributed by atoms with van der Waals surface area (Å²) in [5.74, 6) is 0.614. The van der Waals surface area contributed by atoms with E-state index in [1.165, 1.54) is 19.3 Å². The number of ketones is 1. The predicted molar refractivity (Wildman–Crippen MR) is 72.1 cm³/mol. The Labute approximate surface area is 109 Å². The molecule has 3 nitrogen and oxygen atoms in total. The predicted octanol–water partition coefficient (Wildman–Crippen LogP) is 2.79. The molecule has 1 aliphatic carbocycles. The van der Waals surface area contributed by atoms with Gasteiger partial charge < -0.3 is 5.73 Å². The fourth-order valence-corrected chi connectivity index (χ4v) is 2.62. The van der Waals surface area contributed by atoms with Gasteiger partial charge in [0.25, 0.3) is 0 Å². The maximum Gasteiger partial charge on any atom is 0.141 e. The summed E-state index contributed by atoms with van der Waals surface area (Å²) in [5.41, 5.74) is 7.76. The Balaban J connectivity index is 1.99. The van der Waals surface area contributed by atoms with Crippen LogP contribution in [-0.4, -0.2) is 10.8 Å². The smallest absolute Gasteiger partial charge is 0.141 e. The van der Waals surface area contributed by atoms with Crippen molar-refractivity contribution in [1.29, 1.82) is 0 Å². The summed E-state index contributed by atoms with van der Waals surface area (Å²) < 4.78 is 0. The number of hydrogen-bond acceptors (Lipinski definition) is 3. The summed E-state index contributed by atoms with van der Waals surface area (Å²) in [6.07, 6.45) is 8.01. The van der Waals surface area contributed by atoms with Gasteiger partial charge in [-0.25, -0.2) is 0 Å². The maximum absolute atomic E-state index is 12.2. The van der Waals surface area contributed by atoms with E-state index in [4.69, 9.17) is 5.73 Å². The molecular formula is C15H22N2O. The maximum atomic E-state index is 12.2. The van der Waals surface area contributed by atoms with Gasteiger partial charge in [0.05, 0.1) is 0 Å². The second-order valence-corrected chi connectivity index (χ2v) is 5.35. The van der Waals surface area contributed by atoms with Crippen LogP contribution < -0.4 is 5.73 Å². The molecule has 98 valence electrons. The SMILES string of the molecule is CC(N)c1ccnc(CC(=O)C2CCCCC2)c1. The van der Waals surface area contributed by atoms with Gasteiger partial charge in [0, 0.05) is 30.3 Å². The first-order valence-corrected chi connectivity index (χ1v) is 6.90. The zero-order valence-electron chi connectivity index (χ0n) is 11.1. The van der Waals surface area contributed by atoms with Crippen molar-refractivity contribution in [3.05, 3.63) is 29.6 Å². The monoisotopic (exact) mass is 246 g/mol. The summed E-state index contributed by atoms with van der Waals surface area (Å²) >= 11 is 0. The molecule has 1 aromatic heterocycles. The number of carbonyl (C=O) groups excluding carboxylic acids is 1. The summed E-state index contributed by atoms with van der Waals surface area (Å²) in [7, 11) is 0. The molecule has 0 spiro atoms. The number of carbonyl (C=O) groups is 1. The van der Waals surface area contributed by atoms with E-state index in [-0.39, 0.29) is 12.0 Å². The molecule has 0 radical (unpaired) electrons. The normalized spacial score (nSPS) is 18.6. The second-order valence-electron chi connectivity index (χ2n) is 5.35. The first-order chi connectivity index (χ1) is 8.66. The highest BCUT2D eigenvalue weighted by atomic mass is 16.1. The van der Waals surface area contributed by atoms with Crippen LogP contribution in [0.5, 0.6) is 0 Å². The van der Waals surface area contributed by atoms with Gasteiger partial charge in [0.2, 0.25) is 0 Å². The Kier molecular flexibility index (Phi) is 4.48. The average Bonchev–Trinajstić information content (AvgIpc) is 2.40. The third-order valence-corrected chi connectivity index (χ3v) is 3.78. The molecule has 0 amide bonds. The van der Waals surface area contributed by atoms with Crippen LogP contribution in [0.15, 0.2) is 18.3 Å². The molecule has 2 N–H and O–H groups in total. The minimum absolute atomic E-state index is 0.00321. The van der Waals surface area contributed by atoms with E-state index >= 15 is 0 Å². The van der Waals surface area contributed by atoms with Crippen LogP contribution in [0.1, 0.15) is 56.3 Å². The van der Waals surface area contributed by atoms with E-state index in [0.717, 1.165) is 24.1 Å². The van der Waals surface area contributed by atoms with Crippen LogP contribution in [0.2, 0.25) is 0 Å². The molecule has 2 rings (SSSR count). The molecule has 1 fully saturated rings. The first kappa shape index (κ1) is 13.2. The van der Waals surface area contributed by atoms with E-state index in [9.17, 15) is 4.79 Å². The highest BCUT2D eigenvalue weighted by Gasteiger charge is 2.21. The first-order valence-electron chi connectivity index (χ1n) is 6.90. The Morgan fingerprint density at radius 2 is 2.17 bits per heavy atom. The third-order valence-electron chi connectivity index (χ3n) is 3.78. The molecule has 1 aromatic rings. The minimum atomic E-state index is -0.00321. The average molecular weight is 246 g/mol. The third kappa shape index (κ3) is 3.39. The van der Waals surface area contributed by atoms with Crippen molar-refractivity contribution in [1.82, 2.24) is 4.98 Å². The summed E-state index contributed by atoms with van der Waals surface area (Å²) in [4.78, 5) is 16.5. The van der Waals surface area contributed by atoms with E-state index < -0.39 is 0 Å². The molecule has 0 aromatic carbocycles. The van der Waals surface area contributed by atoms with E-state index in [1.54, 1.807) is 6.20 Å². The molecule has 1 aliphatic rings. The van der Waals surface area contributed by atoms with Crippen LogP contribution in [0.4, 0.5) is 0 Å². The van der Waals surface area contributed by atoms with Crippen LogP contribution >= 0.6 is 0 Å². The zero-order chi connectivity index (χ0) is 13.0. The van der Waals surface area contributed by atoms with Crippen LogP contribution in [0.25, 0.3) is 0 Å². The van der Waals surface area contributed by atoms with Gasteiger partial charge in [0.15, 0.2) is 0 Å². The van der Waals surface area contributed by atoms with Gasteiger partial charge in [-0.05, 0) is 37.5 Å². The number of Topliss-reactive ketones (excluding diaryl/α,β-unsaturated/α-hetero) is 1. The molecule has 1 heterocycles. The lowest BCUT2D eigenvalue weighted by Gasteiger charge is -2.20. The van der Waals surface area contributed by atoms with E-state index in [2.05, 4.69) is 4.98 Å². The van der Waals surface area contributed by atoms with Crippen molar-refractivity contribution in [2.24, 2.45) is 11.7 Å². The highest BCUT2D eigenvalue weighted by molar-refractivity contribution is 5.83. The standard InChI is InChI=1S/C15H22N2O/c1-11(16)13-7-8-17-14(9-13)10-15(18)12-5-3-2-4-6-12/h7-9,11-12H,2-6,10,16H2,1H3. The number of rotatable bonds is 4. The molecular weight excluding hydrogens is 224 g/mol. The highest BCUT2D eigenvalue weighted by Crippen LogP contribution is 2.25. The molecule has 1 unspecified atom stereocenters. The number of aromatic nitrogens is 1. The minimum Gasteiger partial charge on any atom is -0.324 e. The van der Waals surface area contributed by atoms with Gasteiger partial charge in [-0.15, -0.1) is 0 Å². The van der Waals surface area contributed by atoms with Gasteiger partial charge in [-0.1, -0.05) is 19.3 Å². The Hall–Kier alpha value is -1.22. The van der Waals surface area contributed by atoms with E-state index in [0.29, 0.717) is 12.2 Å². The molecule has 0 bridgehead atoms. The van der Waals surface area contributed by atoms with Gasteiger partial charge >= 0.3 is 0 Å². The van der Waals surface area contributed by atoms with Crippen molar-refractivity contribution < 1.29 is 4.79 Å². The Bertz CT molecular complexity index is 409. The number of pyridine rings is 1. The zero-order valence-corrected chi connectivity index (χ0v) is 11.1. The summed E-state index contributed by atoms with van der Waals surface area (Å²) in [5, 5.41) is 0. The van der Waals surface area contributed by atoms with Crippen molar-refractivity contribution in [3.8, 4) is 0 Å². The summed E-state index contributed by atoms with van der Waals surface area (Å²) in [6, 6.07) is 3.88. The van der Waals surface area contributed by atoms with E-state index in [1.807, 2.05) is 19.1 Å². The number of nitrogens with zero attached hydrogens (tertiary/aromatic N) is 1. The fraction of sp³-hybridized carbons (Fsp3) is 0.600. The molecule has 1 saturated carbocycles. The van der Waals surface area contributed by atoms with Crippen molar-refractivity contribution in [3.63, 3.8) is 0 Å². The Morgan fingerprint density at radius 3 is 2.83 bits per heavy atom. The van der Waals surface area contributed by atoms with Gasteiger partial charge in [-0.3, -0.25) is 9.78 Å². The lowest BCUT2D eigenvalue weighted by Crippen LogP contribution is -2.20. The van der Waals surface area contributed by atoms with Crippen LogP contribution in [-0.2, 0) is 11.2 Å². The van der Waals surface area contributed by atoms with Gasteiger partial charge in [-0.2, -0.15) is 0 Å². The Morgan fingerprint density at radius 1 is 1.44 bits per heavy atom. The van der Waals surface area contributed by atoms with Crippen molar-refractivity contribution in [2.45, 2.75) is 51.5 Å². The quantitative estimate of drug-likeness (QED) is 0.888. The van der Waals surface area contributed by atoms with Crippen molar-refractivity contribution >= 4 is 5.78 Å². The van der Waals surface area contributed by atoms with Crippen LogP contribution in [0, 0.1) is 5.92 Å².